The predicted molar refractivity (Wildman–Crippen MR) is 115 cm³/mol. The van der Waals surface area contributed by atoms with Gasteiger partial charge in [0, 0.05) is 0 Å². The Balaban J connectivity index is -0.0000000836. The molecule has 3 aromatic rings. The van der Waals surface area contributed by atoms with E-state index >= 15 is 0 Å². The molecular weight excluding hydrogens is 700 g/mol. The first-order valence-electron chi connectivity index (χ1n) is 9.41. The molecule has 0 saturated heterocycles. The minimum atomic E-state index is -1.33. The summed E-state index contributed by atoms with van der Waals surface area (Å²) < 4.78 is 0. The van der Waals surface area contributed by atoms with Crippen LogP contribution in [-0.4, -0.2) is 52.2 Å². The van der Waals surface area contributed by atoms with E-state index in [9.17, 15) is 59.4 Å². The zero-order chi connectivity index (χ0) is 27.4. The zero-order valence-corrected chi connectivity index (χ0v) is 24.7. The van der Waals surface area contributed by atoms with Gasteiger partial charge in [-0.1, -0.05) is 72.8 Å². The minimum Gasteiger partial charge on any atom is -2.00 e. The second-order valence-electron chi connectivity index (χ2n) is 6.46. The van der Waals surface area contributed by atoms with Gasteiger partial charge in [-0.25, -0.2) is 0 Å². The molecule has 5 N–H and O–H groups in total. The Hall–Kier alpha value is -4.08. The van der Waals surface area contributed by atoms with E-state index in [0.717, 1.165) is 72.8 Å². The first-order chi connectivity index (χ1) is 16.8. The monoisotopic (exact) mass is 717 g/mol. The van der Waals surface area contributed by atoms with Crippen LogP contribution < -0.4 is 30.6 Å². The molecule has 19 heteroatoms. The Morgan fingerprint density at radius 2 is 0.395 bits per heavy atom. The molecular formula is C24H17Cr3O16. The smallest absolute Gasteiger partial charge is 2.00 e. The molecule has 0 aliphatic rings. The van der Waals surface area contributed by atoms with E-state index in [0.29, 0.717) is 0 Å². The maximum atomic E-state index is 10.2. The fraction of sp³-hybridized carbons (Fsp3) is 0. The third-order valence-corrected chi connectivity index (χ3v) is 4.07. The van der Waals surface area contributed by atoms with E-state index in [4.69, 9.17) is 0 Å². The van der Waals surface area contributed by atoms with Crippen LogP contribution in [0.25, 0.3) is 0 Å². The maximum absolute atomic E-state index is 10.2. The molecule has 0 aliphatic heterocycles. The van der Waals surface area contributed by atoms with Gasteiger partial charge in [0.2, 0.25) is 0 Å². The second kappa shape index (κ2) is 26.8. The molecule has 0 unspecified atom stereocenters. The van der Waals surface area contributed by atoms with E-state index in [1.165, 1.54) is 0 Å². The molecule has 227 valence electrons. The fourth-order valence-electron chi connectivity index (χ4n) is 2.23. The number of hydrogen-bond donors (Lipinski definition) is 0. The van der Waals surface area contributed by atoms with Gasteiger partial charge in [0.15, 0.2) is 0 Å². The average molecular weight is 717 g/mol. The number of benzene rings is 3. The van der Waals surface area contributed by atoms with Gasteiger partial charge in [-0.05, 0) is 33.4 Å². The number of aromatic carboxylic acids is 6. The van der Waals surface area contributed by atoms with Gasteiger partial charge in [-0.3, -0.25) is 0 Å². The van der Waals surface area contributed by atoms with Gasteiger partial charge in [0.1, 0.15) is 0 Å². The Bertz CT molecular complexity index is 1020. The normalized spacial score (nSPS) is 7.81. The number of carbonyl (C=O) groups excluding carboxylic acids is 6. The van der Waals surface area contributed by atoms with Crippen molar-refractivity contribution in [1.29, 1.82) is 0 Å². The number of carboxylic acid groups (broad SMARTS) is 6. The summed E-state index contributed by atoms with van der Waals surface area (Å²) in [6, 6.07) is 13.8. The third-order valence-electron chi connectivity index (χ3n) is 4.07. The number of rotatable bonds is 6. The van der Waals surface area contributed by atoms with Gasteiger partial charge < -0.3 is 81.3 Å². The second-order valence-corrected chi connectivity index (χ2v) is 6.46. The van der Waals surface area contributed by atoms with Crippen molar-refractivity contribution in [3.05, 3.63) is 106 Å². The molecule has 0 atom stereocenters. The summed E-state index contributed by atoms with van der Waals surface area (Å²) in [5.74, 6) is -8.00. The summed E-state index contributed by atoms with van der Waals surface area (Å²) in [5, 5.41) is 61.2. The molecule has 16 nitrogen and oxygen atoms in total. The molecule has 43 heavy (non-hydrogen) atoms. The average Bonchev–Trinajstić information content (AvgIpc) is 2.84. The zero-order valence-electron chi connectivity index (χ0n) is 20.9. The summed E-state index contributed by atoms with van der Waals surface area (Å²) >= 11 is 0. The van der Waals surface area contributed by atoms with E-state index in [1.807, 2.05) is 0 Å². The minimum absolute atomic E-state index is 0. The van der Waals surface area contributed by atoms with E-state index < -0.39 is 35.8 Å². The van der Waals surface area contributed by atoms with Crippen LogP contribution >= 0.6 is 0 Å². The Kier molecular flexibility index (Phi) is 34.2. The van der Waals surface area contributed by atoms with E-state index in [1.54, 1.807) is 0 Å². The van der Waals surface area contributed by atoms with Gasteiger partial charge in [-0.2, -0.15) is 0 Å². The Morgan fingerprint density at radius 3 is 0.442 bits per heavy atom. The largest absolute Gasteiger partial charge is 3.00 e. The predicted octanol–water partition coefficient (Wildman–Crippen LogP) is -6.71. The topological polar surface area (TPSA) is 362 Å². The first kappa shape index (κ1) is 54.9. The molecule has 0 amide bonds. The first-order valence-corrected chi connectivity index (χ1v) is 9.41. The van der Waals surface area contributed by atoms with E-state index in [-0.39, 0.29) is 107 Å². The summed E-state index contributed by atoms with van der Waals surface area (Å²) in [7, 11) is 0. The van der Waals surface area contributed by atoms with Crippen molar-refractivity contribution in [1.82, 2.24) is 0 Å². The van der Waals surface area contributed by atoms with Crippen molar-refractivity contribution < 1.29 is 133 Å². The van der Waals surface area contributed by atoms with Crippen LogP contribution in [0.15, 0.2) is 72.8 Å². The van der Waals surface area contributed by atoms with Crippen molar-refractivity contribution in [2.75, 3.05) is 0 Å². The molecule has 3 radical (unpaired) electrons. The molecule has 0 saturated carbocycles. The number of hydrogen-bond acceptors (Lipinski definition) is 13. The standard InChI is InChI=1S/3C8H6O4.3Cr.3H2O.O/c3*9-7(10)5-1-2-6(4-3-5)8(11)12;;;;;;;/h3*1-4H,(H,9,10)(H,11,12);;;;3*1H2;/q;;;3*+3;;;;-2/p-7. The summed E-state index contributed by atoms with van der Waals surface area (Å²) in [5.41, 5.74) is -0.333. The van der Waals surface area contributed by atoms with Crippen LogP contribution in [0, 0.1) is 0 Å². The number of carboxylic acids is 6. The van der Waals surface area contributed by atoms with Crippen LogP contribution in [0.1, 0.15) is 62.1 Å². The van der Waals surface area contributed by atoms with Crippen LogP contribution in [0.2, 0.25) is 0 Å². The van der Waals surface area contributed by atoms with Crippen molar-refractivity contribution >= 4 is 35.8 Å². The molecule has 0 fully saturated rings. The van der Waals surface area contributed by atoms with Gasteiger partial charge in [0.25, 0.3) is 0 Å². The summed E-state index contributed by atoms with van der Waals surface area (Å²) in [4.78, 5) is 61.2. The van der Waals surface area contributed by atoms with E-state index in [2.05, 4.69) is 0 Å². The van der Waals surface area contributed by atoms with Crippen LogP contribution in [0.4, 0.5) is 0 Å². The Labute approximate surface area is 274 Å². The SMILES string of the molecule is O.O.O=C([O-])c1ccc(C(=O)[O-])cc1.O=C([O-])c1ccc(C(=O)[O-])cc1.O=C([O-])c1ccc(C(=O)[O-])cc1.[Cr+3].[Cr+3].[Cr+3].[O-2].[OH-]. The van der Waals surface area contributed by atoms with Crippen molar-refractivity contribution in [3.8, 4) is 0 Å². The molecule has 3 aromatic carbocycles. The third kappa shape index (κ3) is 19.6. The fourth-order valence-corrected chi connectivity index (χ4v) is 2.23. The van der Waals surface area contributed by atoms with Gasteiger partial charge in [-0.15, -0.1) is 0 Å². The molecule has 0 heterocycles. The van der Waals surface area contributed by atoms with Crippen LogP contribution in [0.3, 0.4) is 0 Å². The Morgan fingerprint density at radius 1 is 0.326 bits per heavy atom. The maximum Gasteiger partial charge on any atom is 3.00 e. The van der Waals surface area contributed by atoms with Crippen molar-refractivity contribution in [2.24, 2.45) is 0 Å². The molecule has 0 spiro atoms. The molecule has 0 aliphatic carbocycles. The van der Waals surface area contributed by atoms with Crippen LogP contribution in [0.5, 0.6) is 0 Å². The summed E-state index contributed by atoms with van der Waals surface area (Å²) in [6.45, 7) is 0. The number of carbonyl (C=O) groups is 6. The van der Waals surface area contributed by atoms with Crippen molar-refractivity contribution in [3.63, 3.8) is 0 Å². The van der Waals surface area contributed by atoms with Gasteiger partial charge >= 0.3 is 52.1 Å². The molecule has 0 bridgehead atoms. The van der Waals surface area contributed by atoms with Gasteiger partial charge in [0.05, 0.1) is 35.8 Å². The van der Waals surface area contributed by atoms with Crippen LogP contribution in [-0.2, 0) is 57.6 Å². The molecule has 3 rings (SSSR count). The molecule has 0 aromatic heterocycles. The van der Waals surface area contributed by atoms with Crippen molar-refractivity contribution in [2.45, 2.75) is 0 Å². The quantitative estimate of drug-likeness (QED) is 0.229. The summed E-state index contributed by atoms with van der Waals surface area (Å²) in [6.07, 6.45) is 0.